The smallest absolute Gasteiger partial charge is 0.258 e. The highest BCUT2D eigenvalue weighted by molar-refractivity contribution is 9.10. The van der Waals surface area contributed by atoms with Crippen LogP contribution in [-0.2, 0) is 6.54 Å². The Morgan fingerprint density at radius 3 is 2.71 bits per heavy atom. The van der Waals surface area contributed by atoms with E-state index in [1.54, 1.807) is 31.3 Å². The first-order valence-electron chi connectivity index (χ1n) is 6.21. The van der Waals surface area contributed by atoms with Crippen LogP contribution in [0.4, 0.5) is 4.39 Å². The zero-order valence-corrected chi connectivity index (χ0v) is 12.9. The fourth-order valence-electron chi connectivity index (χ4n) is 1.98. The minimum absolute atomic E-state index is 0.0106. The first-order valence-corrected chi connectivity index (χ1v) is 7.00. The van der Waals surface area contributed by atoms with Gasteiger partial charge in [0.2, 0.25) is 0 Å². The Labute approximate surface area is 130 Å². The van der Waals surface area contributed by atoms with Crippen LogP contribution in [0.25, 0.3) is 0 Å². The molecule has 1 amide bonds. The highest BCUT2D eigenvalue weighted by Crippen LogP contribution is 2.21. The van der Waals surface area contributed by atoms with Crippen molar-refractivity contribution in [3.63, 3.8) is 0 Å². The summed E-state index contributed by atoms with van der Waals surface area (Å²) in [5.41, 5.74) is 1.36. The van der Waals surface area contributed by atoms with E-state index in [1.165, 1.54) is 17.0 Å². The van der Waals surface area contributed by atoms with Crippen LogP contribution in [0.5, 0.6) is 0 Å². The Balaban J connectivity index is 2.22. The molecule has 0 heterocycles. The second-order valence-electron chi connectivity index (χ2n) is 4.57. The summed E-state index contributed by atoms with van der Waals surface area (Å²) < 4.78 is 14.2. The van der Waals surface area contributed by atoms with Gasteiger partial charge in [-0.1, -0.05) is 18.2 Å². The maximum Gasteiger partial charge on any atom is 0.258 e. The molecular formula is C16H12BrFN2O. The molecule has 0 aliphatic heterocycles. The SMILES string of the molecule is CN(Cc1cccc(C#N)c1)C(=O)c1c(F)cccc1Br. The van der Waals surface area contributed by atoms with Crippen LogP contribution in [-0.4, -0.2) is 17.9 Å². The summed E-state index contributed by atoms with van der Waals surface area (Å²) in [6.45, 7) is 0.301. The number of rotatable bonds is 3. The summed E-state index contributed by atoms with van der Waals surface area (Å²) in [5.74, 6) is -0.977. The van der Waals surface area contributed by atoms with Crippen molar-refractivity contribution in [2.24, 2.45) is 0 Å². The molecule has 0 fully saturated rings. The lowest BCUT2D eigenvalue weighted by Crippen LogP contribution is -2.27. The van der Waals surface area contributed by atoms with Crippen molar-refractivity contribution in [3.8, 4) is 6.07 Å². The van der Waals surface area contributed by atoms with Crippen LogP contribution >= 0.6 is 15.9 Å². The Hall–Kier alpha value is -2.19. The van der Waals surface area contributed by atoms with Crippen LogP contribution in [0.2, 0.25) is 0 Å². The molecule has 0 aliphatic rings. The van der Waals surface area contributed by atoms with E-state index in [0.29, 0.717) is 16.6 Å². The third-order valence-corrected chi connectivity index (χ3v) is 3.66. The van der Waals surface area contributed by atoms with Crippen molar-refractivity contribution >= 4 is 21.8 Å². The number of benzene rings is 2. The lowest BCUT2D eigenvalue weighted by molar-refractivity contribution is 0.0779. The van der Waals surface area contributed by atoms with Gasteiger partial charge in [0.25, 0.3) is 5.91 Å². The fraction of sp³-hybridized carbons (Fsp3) is 0.125. The quantitative estimate of drug-likeness (QED) is 0.849. The van der Waals surface area contributed by atoms with Gasteiger partial charge in [-0.3, -0.25) is 4.79 Å². The Kier molecular flexibility index (Phi) is 4.71. The highest BCUT2D eigenvalue weighted by atomic mass is 79.9. The summed E-state index contributed by atoms with van der Waals surface area (Å²) >= 11 is 3.19. The number of hydrogen-bond donors (Lipinski definition) is 0. The Morgan fingerprint density at radius 1 is 1.33 bits per heavy atom. The second kappa shape index (κ2) is 6.51. The molecule has 3 nitrogen and oxygen atoms in total. The topological polar surface area (TPSA) is 44.1 Å². The molecule has 0 bridgehead atoms. The monoisotopic (exact) mass is 346 g/mol. The Bertz CT molecular complexity index is 704. The van der Waals surface area contributed by atoms with Crippen LogP contribution in [0.1, 0.15) is 21.5 Å². The zero-order chi connectivity index (χ0) is 15.4. The molecule has 2 aromatic rings. The van der Waals surface area contributed by atoms with Gasteiger partial charge in [0, 0.05) is 18.1 Å². The standard InChI is InChI=1S/C16H12BrFN2O/c1-20(10-12-5-2-4-11(8-12)9-19)16(21)15-13(17)6-3-7-14(15)18/h2-8H,10H2,1H3. The van der Waals surface area contributed by atoms with Gasteiger partial charge in [-0.15, -0.1) is 0 Å². The van der Waals surface area contributed by atoms with Crippen molar-refractivity contribution in [1.82, 2.24) is 4.90 Å². The van der Waals surface area contributed by atoms with Gasteiger partial charge in [0.05, 0.1) is 17.2 Å². The lowest BCUT2D eigenvalue weighted by atomic mass is 10.1. The van der Waals surface area contributed by atoms with E-state index in [2.05, 4.69) is 15.9 Å². The number of nitriles is 1. The normalized spacial score (nSPS) is 10.0. The fourth-order valence-corrected chi connectivity index (χ4v) is 2.49. The van der Waals surface area contributed by atoms with Crippen molar-refractivity contribution in [1.29, 1.82) is 5.26 Å². The maximum atomic E-state index is 13.8. The molecule has 0 radical (unpaired) electrons. The van der Waals surface area contributed by atoms with E-state index in [4.69, 9.17) is 5.26 Å². The van der Waals surface area contributed by atoms with Crippen molar-refractivity contribution in [3.05, 3.63) is 69.4 Å². The highest BCUT2D eigenvalue weighted by Gasteiger charge is 2.19. The number of amides is 1. The number of hydrogen-bond acceptors (Lipinski definition) is 2. The summed E-state index contributed by atoms with van der Waals surface area (Å²) in [6.07, 6.45) is 0. The average Bonchev–Trinajstić information content (AvgIpc) is 2.47. The summed E-state index contributed by atoms with van der Waals surface area (Å²) in [5, 5.41) is 8.87. The molecule has 0 aliphatic carbocycles. The lowest BCUT2D eigenvalue weighted by Gasteiger charge is -2.18. The van der Waals surface area contributed by atoms with Gasteiger partial charge in [0.1, 0.15) is 5.82 Å². The molecule has 106 valence electrons. The predicted molar refractivity (Wildman–Crippen MR) is 81.1 cm³/mol. The average molecular weight is 347 g/mol. The molecule has 0 unspecified atom stereocenters. The molecule has 0 aromatic heterocycles. The molecule has 0 atom stereocenters. The van der Waals surface area contributed by atoms with Gasteiger partial charge in [-0.05, 0) is 45.8 Å². The second-order valence-corrected chi connectivity index (χ2v) is 5.42. The van der Waals surface area contributed by atoms with Crippen molar-refractivity contribution in [2.45, 2.75) is 6.54 Å². The largest absolute Gasteiger partial charge is 0.337 e. The van der Waals surface area contributed by atoms with Crippen LogP contribution in [0.15, 0.2) is 46.9 Å². The Morgan fingerprint density at radius 2 is 2.05 bits per heavy atom. The molecule has 2 rings (SSSR count). The third-order valence-electron chi connectivity index (χ3n) is 3.00. The minimum atomic E-state index is -0.563. The summed E-state index contributed by atoms with van der Waals surface area (Å²) in [7, 11) is 1.60. The van der Waals surface area contributed by atoms with Crippen molar-refractivity contribution in [2.75, 3.05) is 7.05 Å². The van der Waals surface area contributed by atoms with Gasteiger partial charge < -0.3 is 4.90 Å². The summed E-state index contributed by atoms with van der Waals surface area (Å²) in [4.78, 5) is 13.8. The molecule has 5 heteroatoms. The summed E-state index contributed by atoms with van der Waals surface area (Å²) in [6, 6.07) is 13.4. The molecule has 0 N–H and O–H groups in total. The first-order chi connectivity index (χ1) is 10.0. The molecule has 21 heavy (non-hydrogen) atoms. The van der Waals surface area contributed by atoms with Crippen molar-refractivity contribution < 1.29 is 9.18 Å². The van der Waals surface area contributed by atoms with E-state index in [-0.39, 0.29) is 5.56 Å². The van der Waals surface area contributed by atoms with Crippen LogP contribution in [0.3, 0.4) is 0 Å². The van der Waals surface area contributed by atoms with Gasteiger partial charge in [-0.25, -0.2) is 4.39 Å². The molecule has 2 aromatic carbocycles. The number of nitrogens with zero attached hydrogens (tertiary/aromatic N) is 2. The molecule has 0 saturated carbocycles. The third kappa shape index (κ3) is 3.47. The number of carbonyl (C=O) groups excluding carboxylic acids is 1. The van der Waals surface area contributed by atoms with Gasteiger partial charge >= 0.3 is 0 Å². The zero-order valence-electron chi connectivity index (χ0n) is 11.3. The van der Waals surface area contributed by atoms with E-state index in [1.807, 2.05) is 12.1 Å². The van der Waals surface area contributed by atoms with E-state index in [9.17, 15) is 9.18 Å². The first kappa shape index (κ1) is 15.2. The molecule has 0 saturated heterocycles. The van der Waals surface area contributed by atoms with E-state index in [0.717, 1.165) is 5.56 Å². The molecule has 0 spiro atoms. The van der Waals surface area contributed by atoms with E-state index < -0.39 is 11.7 Å². The van der Waals surface area contributed by atoms with E-state index >= 15 is 0 Å². The van der Waals surface area contributed by atoms with Crippen LogP contribution < -0.4 is 0 Å². The maximum absolute atomic E-state index is 13.8. The molecular weight excluding hydrogens is 335 g/mol. The van der Waals surface area contributed by atoms with Gasteiger partial charge in [-0.2, -0.15) is 5.26 Å². The van der Waals surface area contributed by atoms with Crippen LogP contribution in [0, 0.1) is 17.1 Å². The number of carbonyl (C=O) groups is 1. The predicted octanol–water partition coefficient (Wildman–Crippen LogP) is 3.73. The van der Waals surface area contributed by atoms with Gasteiger partial charge in [0.15, 0.2) is 0 Å². The minimum Gasteiger partial charge on any atom is -0.337 e. The number of halogens is 2.